The van der Waals surface area contributed by atoms with Gasteiger partial charge < -0.3 is 20.4 Å². The Morgan fingerprint density at radius 3 is 0.297 bits per heavy atom. The zero-order valence-electron chi connectivity index (χ0n) is 55.4. The number of rotatable bonds is 12. The van der Waals surface area contributed by atoms with Crippen LogP contribution in [-0.4, -0.2) is 0 Å². The zero-order valence-corrected chi connectivity index (χ0v) is 57.0. The second-order valence-electron chi connectivity index (χ2n) is 24.0. The van der Waals surface area contributed by atoms with Gasteiger partial charge in [0.05, 0.1) is 0 Å². The minimum Gasteiger partial charge on any atom is -0.872 e. The number of benzene rings is 16. The normalized spacial score (nSPS) is 10.5. The van der Waals surface area contributed by atoms with Gasteiger partial charge in [-0.3, -0.25) is 0 Å². The molecule has 16 aromatic carbocycles. The Morgan fingerprint density at radius 1 is 0.109 bits per heavy atom. The quantitative estimate of drug-likeness (QED) is 0.114. The van der Waals surface area contributed by atoms with Gasteiger partial charge in [-0.2, -0.15) is 0 Å². The molecule has 0 saturated carbocycles. The summed E-state index contributed by atoms with van der Waals surface area (Å²) in [6.07, 6.45) is 0. The zero-order chi connectivity index (χ0) is 68.2. The third kappa shape index (κ3) is 16.7. The van der Waals surface area contributed by atoms with Crippen molar-refractivity contribution in [3.63, 3.8) is 0 Å². The van der Waals surface area contributed by atoms with E-state index in [-0.39, 0.29) is 44.7 Å². The van der Waals surface area contributed by atoms with Crippen molar-refractivity contribution in [2.45, 2.75) is 0 Å². The van der Waals surface area contributed by atoms with E-state index < -0.39 is 0 Å². The molecule has 0 amide bonds. The van der Waals surface area contributed by atoms with Crippen molar-refractivity contribution in [3.8, 4) is 157 Å². The molecule has 0 radical (unpaired) electrons. The molecule has 16 rings (SSSR count). The van der Waals surface area contributed by atoms with Crippen molar-refractivity contribution in [2.75, 3.05) is 0 Å². The van der Waals surface area contributed by atoms with Gasteiger partial charge in [0.2, 0.25) is 0 Å². The maximum atomic E-state index is 13.2. The molecule has 0 bridgehead atoms. The number of hydrogen-bond acceptors (Lipinski definition) is 4. The Morgan fingerprint density at radius 2 is 0.198 bits per heavy atom. The molecule has 0 heterocycles. The average Bonchev–Trinajstić information content (AvgIpc) is 0.814. The van der Waals surface area contributed by atoms with Crippen LogP contribution in [0.3, 0.4) is 0 Å². The fourth-order valence-corrected chi connectivity index (χ4v) is 12.4. The first kappa shape index (κ1) is 68.4. The third-order valence-electron chi connectivity index (χ3n) is 17.5. The van der Waals surface area contributed by atoms with Crippen molar-refractivity contribution >= 4 is 0 Å². The Bertz CT molecular complexity index is 4340. The van der Waals surface area contributed by atoms with E-state index in [4.69, 9.17) is 0 Å². The summed E-state index contributed by atoms with van der Waals surface area (Å²) in [6.45, 7) is 0. The van der Waals surface area contributed by atoms with E-state index in [2.05, 4.69) is 48.5 Å². The maximum Gasteiger partial charge on any atom is 4.00 e. The smallest absolute Gasteiger partial charge is 0.872 e. The second-order valence-corrected chi connectivity index (χ2v) is 24.0. The van der Waals surface area contributed by atoms with E-state index in [9.17, 15) is 20.4 Å². The van der Waals surface area contributed by atoms with E-state index >= 15 is 0 Å². The van der Waals surface area contributed by atoms with Crippen LogP contribution < -0.4 is 20.4 Å². The summed E-state index contributed by atoms with van der Waals surface area (Å²) in [4.78, 5) is 0. The minimum atomic E-state index is 0. The summed E-state index contributed by atoms with van der Waals surface area (Å²) < 4.78 is 0. The Hall–Kier alpha value is -12.6. The summed E-state index contributed by atoms with van der Waals surface area (Å²) in [6, 6.07) is 136. The molecule has 0 aliphatic heterocycles. The van der Waals surface area contributed by atoms with Gasteiger partial charge in [0.1, 0.15) is 0 Å². The van der Waals surface area contributed by atoms with E-state index in [0.29, 0.717) is 0 Å². The van der Waals surface area contributed by atoms with Crippen LogP contribution in [0.5, 0.6) is 23.0 Å². The van der Waals surface area contributed by atoms with Gasteiger partial charge in [-0.15, -0.1) is 0 Å². The minimum absolute atomic E-state index is 0. The second kappa shape index (κ2) is 33.6. The van der Waals surface area contributed by atoms with Crippen molar-refractivity contribution < 1.29 is 42.1 Å². The van der Waals surface area contributed by atoms with Gasteiger partial charge in [-0.25, -0.2) is 0 Å². The van der Waals surface area contributed by atoms with Crippen molar-refractivity contribution in [2.24, 2.45) is 0 Å². The van der Waals surface area contributed by atoms with Gasteiger partial charge in [0.25, 0.3) is 0 Å². The first-order chi connectivity index (χ1) is 49.3. The maximum absolute atomic E-state index is 13.2. The molecule has 0 saturated heterocycles. The first-order valence-electron chi connectivity index (χ1n) is 33.4. The van der Waals surface area contributed by atoms with Gasteiger partial charge in [0.15, 0.2) is 0 Å². The summed E-state index contributed by atoms with van der Waals surface area (Å²) in [5.74, 6) is 0.267. The van der Waals surface area contributed by atoms with Gasteiger partial charge in [0, 0.05) is 0 Å². The molecule has 0 aromatic heterocycles. The molecule has 16 aromatic rings. The van der Waals surface area contributed by atoms with Crippen LogP contribution in [0.2, 0.25) is 0 Å². The van der Waals surface area contributed by atoms with E-state index in [1.54, 1.807) is 0 Å². The average molecular weight is 1330 g/mol. The van der Waals surface area contributed by atoms with E-state index in [0.717, 1.165) is 134 Å². The molecule has 4 nitrogen and oxygen atoms in total. The van der Waals surface area contributed by atoms with Crippen LogP contribution in [0, 0.1) is 0 Å². The van der Waals surface area contributed by atoms with E-state index in [1.165, 1.54) is 0 Å². The van der Waals surface area contributed by atoms with Crippen LogP contribution in [0.1, 0.15) is 0 Å². The van der Waals surface area contributed by atoms with Gasteiger partial charge in [-0.1, -0.05) is 387 Å². The Balaban J connectivity index is 0.000000127. The molecule has 0 unspecified atom stereocenters. The van der Waals surface area contributed by atoms with Crippen LogP contribution in [-0.2, 0) is 21.7 Å². The summed E-state index contributed by atoms with van der Waals surface area (Å²) >= 11 is 0. The number of hydrogen-bond donors (Lipinski definition) is 0. The van der Waals surface area contributed by atoms with Gasteiger partial charge in [-0.05, 0) is 182 Å². The summed E-state index contributed by atoms with van der Waals surface area (Å²) in [5, 5.41) is 52.6. The molecule has 480 valence electrons. The van der Waals surface area contributed by atoms with Crippen LogP contribution in [0.25, 0.3) is 134 Å². The summed E-state index contributed by atoms with van der Waals surface area (Å²) in [7, 11) is 0. The molecule has 0 aliphatic carbocycles. The van der Waals surface area contributed by atoms with Crippen molar-refractivity contribution in [1.29, 1.82) is 0 Å². The molecule has 0 spiro atoms. The topological polar surface area (TPSA) is 92.2 Å². The molecule has 0 atom stereocenters. The molecule has 0 N–H and O–H groups in total. The molecule has 101 heavy (non-hydrogen) atoms. The predicted octanol–water partition coefficient (Wildman–Crippen LogP) is 23.0. The summed E-state index contributed by atoms with van der Waals surface area (Å²) in [5.41, 5.74) is 22.1. The van der Waals surface area contributed by atoms with Gasteiger partial charge >= 0.3 is 21.7 Å². The Kier molecular flexibility index (Phi) is 22.7. The molecule has 5 heteroatoms. The van der Waals surface area contributed by atoms with Crippen LogP contribution >= 0.6 is 0 Å². The molecular weight excluding hydrogens is 1260 g/mol. The van der Waals surface area contributed by atoms with E-state index in [1.807, 2.05) is 364 Å². The fourth-order valence-electron chi connectivity index (χ4n) is 12.4. The van der Waals surface area contributed by atoms with Crippen LogP contribution in [0.4, 0.5) is 0 Å². The Labute approximate surface area is 606 Å². The SMILES string of the molecule is [O-]c1c(-c2ccccc2)cc(-c2ccccc2)cc1-c1ccccc1.[O-]c1c(-c2ccccc2)cc(-c2ccccc2)cc1-c1ccccc1.[O-]c1c(-c2ccccc2)cc(-c2ccccc2)cc1-c1ccccc1.[O-]c1c(-c2ccccc2)cc(-c2ccccc2)cc1-c1ccccc1.[Ti+4]. The predicted molar refractivity (Wildman–Crippen MR) is 409 cm³/mol. The molecular formula is C96H68O4Ti. The monoisotopic (exact) mass is 1330 g/mol. The molecule has 0 fully saturated rings. The van der Waals surface area contributed by atoms with Crippen molar-refractivity contribution in [1.82, 2.24) is 0 Å². The largest absolute Gasteiger partial charge is 4.00 e. The first-order valence-corrected chi connectivity index (χ1v) is 33.4. The van der Waals surface area contributed by atoms with Crippen molar-refractivity contribution in [3.05, 3.63) is 413 Å². The fraction of sp³-hybridized carbons (Fsp3) is 0. The standard InChI is InChI=1S/4C24H18O.Ti/c4*25-24-22(19-12-6-2-7-13-19)16-21(18-10-4-1-5-11-18)17-23(24)20-14-8-3-9-15-20;/h4*1-17,25H;/q;;;;+4/p-4. The van der Waals surface area contributed by atoms with Crippen LogP contribution in [0.15, 0.2) is 413 Å². The third-order valence-corrected chi connectivity index (χ3v) is 17.5. The molecule has 0 aliphatic rings.